The zero-order valence-electron chi connectivity index (χ0n) is 25.0. The molecule has 0 spiro atoms. The van der Waals surface area contributed by atoms with Crippen LogP contribution < -0.4 is 19.5 Å². The van der Waals surface area contributed by atoms with Crippen LogP contribution in [0.25, 0.3) is 33.1 Å². The van der Waals surface area contributed by atoms with Crippen molar-refractivity contribution >= 4 is 36.0 Å². The molecule has 0 saturated heterocycles. The fourth-order valence-electron chi connectivity index (χ4n) is 5.43. The summed E-state index contributed by atoms with van der Waals surface area (Å²) in [5.74, 6) is 2.42. The van der Waals surface area contributed by atoms with E-state index in [1.54, 1.807) is 25.6 Å². The molecule has 3 aliphatic rings. The lowest BCUT2D eigenvalue weighted by atomic mass is 9.92. The molecule has 5 aromatic rings. The number of nitrogens with zero attached hydrogens (tertiary/aromatic N) is 5. The van der Waals surface area contributed by atoms with Gasteiger partial charge in [0.1, 0.15) is 37.0 Å². The molecule has 7 bridgehead atoms. The van der Waals surface area contributed by atoms with E-state index < -0.39 is 8.07 Å². The molecular formula is C32H36N6O4Si. The Morgan fingerprint density at radius 1 is 1.00 bits per heavy atom. The third kappa shape index (κ3) is 5.87. The predicted octanol–water partition coefficient (Wildman–Crippen LogP) is 6.28. The Bertz CT molecular complexity index is 1800. The SMILES string of the molecule is CNc1nc2c3c(cn(COCC[Si](C)(C)C)c3n1)-c1ccc3ncc(cc3c1)O[C@H]1C[C@H](C1)Oc1cncc(c1)CO2. The average molecular weight is 597 g/mol. The lowest BCUT2D eigenvalue weighted by molar-refractivity contribution is 0.00421. The molecule has 43 heavy (non-hydrogen) atoms. The van der Waals surface area contributed by atoms with E-state index >= 15 is 0 Å². The van der Waals surface area contributed by atoms with Gasteiger partial charge in [-0.05, 0) is 35.9 Å². The lowest BCUT2D eigenvalue weighted by Gasteiger charge is -2.35. The van der Waals surface area contributed by atoms with E-state index in [4.69, 9.17) is 28.9 Å². The summed E-state index contributed by atoms with van der Waals surface area (Å²) < 4.78 is 27.1. The number of rotatable bonds is 6. The predicted molar refractivity (Wildman–Crippen MR) is 169 cm³/mol. The maximum absolute atomic E-state index is 6.44. The molecule has 222 valence electrons. The van der Waals surface area contributed by atoms with Crippen molar-refractivity contribution in [1.82, 2.24) is 24.5 Å². The van der Waals surface area contributed by atoms with Gasteiger partial charge in [0.2, 0.25) is 11.8 Å². The zero-order valence-corrected chi connectivity index (χ0v) is 26.0. The highest BCUT2D eigenvalue weighted by atomic mass is 28.3. The smallest absolute Gasteiger partial charge is 0.228 e. The fraction of sp³-hybridized carbons (Fsp3) is 0.375. The molecule has 0 unspecified atom stereocenters. The van der Waals surface area contributed by atoms with E-state index in [1.165, 1.54) is 0 Å². The minimum absolute atomic E-state index is 0.0804. The van der Waals surface area contributed by atoms with Gasteiger partial charge in [0, 0.05) is 63.5 Å². The molecule has 0 radical (unpaired) electrons. The number of pyridine rings is 2. The minimum Gasteiger partial charge on any atom is -0.489 e. The number of hydrogen-bond donors (Lipinski definition) is 1. The van der Waals surface area contributed by atoms with E-state index in [-0.39, 0.29) is 18.8 Å². The van der Waals surface area contributed by atoms with Crippen LogP contribution in [0, 0.1) is 0 Å². The molecule has 11 heteroatoms. The molecule has 2 aliphatic heterocycles. The van der Waals surface area contributed by atoms with Gasteiger partial charge in [-0.1, -0.05) is 25.7 Å². The van der Waals surface area contributed by atoms with E-state index in [9.17, 15) is 0 Å². The van der Waals surface area contributed by atoms with Crippen LogP contribution in [0.2, 0.25) is 25.7 Å². The highest BCUT2D eigenvalue weighted by Gasteiger charge is 2.33. The van der Waals surface area contributed by atoms with Crippen molar-refractivity contribution in [1.29, 1.82) is 0 Å². The molecule has 1 fully saturated rings. The normalized spacial score (nSPS) is 18.0. The van der Waals surface area contributed by atoms with Gasteiger partial charge in [-0.2, -0.15) is 9.97 Å². The summed E-state index contributed by atoms with van der Waals surface area (Å²) in [6, 6.07) is 11.4. The van der Waals surface area contributed by atoms with Crippen LogP contribution in [-0.4, -0.2) is 58.4 Å². The van der Waals surface area contributed by atoms with Crippen molar-refractivity contribution in [2.24, 2.45) is 0 Å². The highest BCUT2D eigenvalue weighted by Crippen LogP contribution is 2.38. The number of benzene rings is 1. The van der Waals surface area contributed by atoms with Crippen molar-refractivity contribution in [3.63, 3.8) is 0 Å². The van der Waals surface area contributed by atoms with Gasteiger partial charge >= 0.3 is 0 Å². The molecular weight excluding hydrogens is 560 g/mol. The van der Waals surface area contributed by atoms with Crippen molar-refractivity contribution in [2.75, 3.05) is 19.0 Å². The number of ether oxygens (including phenoxy) is 4. The second kappa shape index (κ2) is 11.1. The summed E-state index contributed by atoms with van der Waals surface area (Å²) in [5, 5.41) is 4.90. The zero-order chi connectivity index (χ0) is 29.6. The van der Waals surface area contributed by atoms with Crippen LogP contribution in [0.5, 0.6) is 17.4 Å². The molecule has 8 rings (SSSR count). The summed E-state index contributed by atoms with van der Waals surface area (Å²) in [6.45, 7) is 8.41. The third-order valence-electron chi connectivity index (χ3n) is 7.90. The van der Waals surface area contributed by atoms with Gasteiger partial charge in [0.25, 0.3) is 0 Å². The first kappa shape index (κ1) is 27.6. The van der Waals surface area contributed by atoms with Crippen molar-refractivity contribution in [2.45, 2.75) is 64.1 Å². The van der Waals surface area contributed by atoms with Gasteiger partial charge in [0.05, 0.1) is 23.3 Å². The van der Waals surface area contributed by atoms with E-state index in [1.807, 2.05) is 16.7 Å². The van der Waals surface area contributed by atoms with Crippen LogP contribution in [0.1, 0.15) is 18.4 Å². The molecule has 0 atom stereocenters. The fourth-order valence-corrected chi connectivity index (χ4v) is 6.18. The summed E-state index contributed by atoms with van der Waals surface area (Å²) in [6.07, 6.45) is 9.19. The molecule has 1 aliphatic carbocycles. The first-order valence-electron chi connectivity index (χ1n) is 14.8. The number of nitrogens with one attached hydrogen (secondary N) is 1. The van der Waals surface area contributed by atoms with Crippen LogP contribution in [0.4, 0.5) is 5.95 Å². The van der Waals surface area contributed by atoms with Crippen LogP contribution in [0.3, 0.4) is 0 Å². The van der Waals surface area contributed by atoms with Gasteiger partial charge in [0.15, 0.2) is 5.65 Å². The third-order valence-corrected chi connectivity index (χ3v) is 9.61. The molecule has 1 aromatic carbocycles. The van der Waals surface area contributed by atoms with Gasteiger partial charge < -0.3 is 28.8 Å². The average Bonchev–Trinajstić information content (AvgIpc) is 3.34. The first-order chi connectivity index (χ1) is 20.8. The maximum atomic E-state index is 6.44. The number of anilines is 1. The molecule has 4 aromatic heterocycles. The van der Waals surface area contributed by atoms with Gasteiger partial charge in [-0.3, -0.25) is 9.97 Å². The molecule has 1 saturated carbocycles. The van der Waals surface area contributed by atoms with Gasteiger partial charge in [-0.15, -0.1) is 0 Å². The topological polar surface area (TPSA) is 105 Å². The first-order valence-corrected chi connectivity index (χ1v) is 18.5. The van der Waals surface area contributed by atoms with E-state index in [0.717, 1.165) is 69.0 Å². The van der Waals surface area contributed by atoms with Crippen molar-refractivity contribution in [3.05, 3.63) is 60.7 Å². The molecule has 6 heterocycles. The van der Waals surface area contributed by atoms with Crippen molar-refractivity contribution in [3.8, 4) is 28.5 Å². The summed E-state index contributed by atoms with van der Waals surface area (Å²) in [5.41, 5.74) is 4.48. The van der Waals surface area contributed by atoms with Gasteiger partial charge in [-0.25, -0.2) is 0 Å². The van der Waals surface area contributed by atoms with Crippen LogP contribution >= 0.6 is 0 Å². The second-order valence-electron chi connectivity index (χ2n) is 12.5. The minimum atomic E-state index is -1.22. The Balaban J connectivity index is 1.35. The lowest BCUT2D eigenvalue weighted by Crippen LogP contribution is -2.41. The Hall–Kier alpha value is -4.22. The molecule has 0 amide bonds. The number of hydrogen-bond acceptors (Lipinski definition) is 9. The Kier molecular flexibility index (Phi) is 7.14. The number of aromatic nitrogens is 5. The van der Waals surface area contributed by atoms with E-state index in [0.29, 0.717) is 25.2 Å². The maximum Gasteiger partial charge on any atom is 0.228 e. The highest BCUT2D eigenvalue weighted by molar-refractivity contribution is 6.76. The summed E-state index contributed by atoms with van der Waals surface area (Å²) in [7, 11) is 0.580. The Morgan fingerprint density at radius 3 is 2.60 bits per heavy atom. The summed E-state index contributed by atoms with van der Waals surface area (Å²) in [4.78, 5) is 18.7. The molecule has 10 nitrogen and oxygen atoms in total. The van der Waals surface area contributed by atoms with Crippen LogP contribution in [0.15, 0.2) is 55.1 Å². The standard InChI is InChI=1S/C32H36N6O4Si/c1-33-32-36-30-29-27(17-38(30)19-39-7-8-43(2,3)4)21-5-6-28-22(10-21)11-26(16-35-28)42-24-12-23(13-24)41-25-9-20(14-34-15-25)18-40-31(29)37-32/h5-6,9-11,14-17,23-24H,7-8,12-13,18-19H2,1-4H3,(H,33,36,37)/t23-,24+. The van der Waals surface area contributed by atoms with E-state index in [2.05, 4.69) is 59.3 Å². The number of fused-ring (bicyclic) bond motifs is 1. The van der Waals surface area contributed by atoms with Crippen LogP contribution in [-0.2, 0) is 18.1 Å². The monoisotopic (exact) mass is 596 g/mol. The Morgan fingerprint density at radius 2 is 1.81 bits per heavy atom. The Labute approximate surface area is 251 Å². The quantitative estimate of drug-likeness (QED) is 0.179. The van der Waals surface area contributed by atoms with Crippen molar-refractivity contribution < 1.29 is 18.9 Å². The summed E-state index contributed by atoms with van der Waals surface area (Å²) >= 11 is 0. The molecule has 1 N–H and O–H groups in total. The second-order valence-corrected chi connectivity index (χ2v) is 18.1. The largest absolute Gasteiger partial charge is 0.489 e.